The molecule has 3 heteroatoms. The Balaban J connectivity index is 2.38. The van der Waals surface area contributed by atoms with Gasteiger partial charge >= 0.3 is 0 Å². The van der Waals surface area contributed by atoms with Crippen LogP contribution in [0.1, 0.15) is 24.0 Å². The molecule has 2 rings (SSSR count). The van der Waals surface area contributed by atoms with Crippen molar-refractivity contribution in [3.05, 3.63) is 35.1 Å². The van der Waals surface area contributed by atoms with E-state index in [1.54, 1.807) is 12.1 Å². The smallest absolute Gasteiger partial charge is 0.129 e. The van der Waals surface area contributed by atoms with E-state index in [2.05, 4.69) is 0 Å². The van der Waals surface area contributed by atoms with E-state index in [1.807, 2.05) is 6.92 Å². The third kappa shape index (κ3) is 2.03. The average Bonchev–Trinajstić information content (AvgIpc) is 2.23. The molecular weight excluding hydrogens is 195 g/mol. The third-order valence-corrected chi connectivity index (χ3v) is 2.84. The number of aliphatic hydroxyl groups is 1. The van der Waals surface area contributed by atoms with Crippen molar-refractivity contribution in [1.29, 1.82) is 0 Å². The second kappa shape index (κ2) is 3.91. The number of aryl methyl sites for hydroxylation is 1. The van der Waals surface area contributed by atoms with Crippen LogP contribution in [0.4, 0.5) is 4.39 Å². The van der Waals surface area contributed by atoms with Crippen molar-refractivity contribution in [1.82, 2.24) is 0 Å². The summed E-state index contributed by atoms with van der Waals surface area (Å²) in [6, 6.07) is 4.80. The zero-order valence-corrected chi connectivity index (χ0v) is 8.79. The van der Waals surface area contributed by atoms with Crippen LogP contribution in [0.25, 0.3) is 0 Å². The van der Waals surface area contributed by atoms with Crippen LogP contribution >= 0.6 is 0 Å². The number of ether oxygens (including phenoxy) is 1. The van der Waals surface area contributed by atoms with Gasteiger partial charge in [-0.05, 0) is 25.8 Å². The Kier molecular flexibility index (Phi) is 2.76. The minimum absolute atomic E-state index is 0.188. The number of hydrogen-bond donors (Lipinski definition) is 1. The first-order chi connectivity index (χ1) is 7.12. The molecule has 1 aromatic rings. The maximum Gasteiger partial charge on any atom is 0.129 e. The van der Waals surface area contributed by atoms with Crippen LogP contribution in [0.15, 0.2) is 18.2 Å². The van der Waals surface area contributed by atoms with Gasteiger partial charge in [-0.1, -0.05) is 17.7 Å². The lowest BCUT2D eigenvalue weighted by atomic mass is 9.87. The van der Waals surface area contributed by atoms with Gasteiger partial charge < -0.3 is 9.84 Å². The number of hydrogen-bond acceptors (Lipinski definition) is 2. The summed E-state index contributed by atoms with van der Waals surface area (Å²) in [4.78, 5) is 0. The van der Waals surface area contributed by atoms with E-state index < -0.39 is 5.60 Å². The van der Waals surface area contributed by atoms with Crippen LogP contribution < -0.4 is 0 Å². The molecule has 1 atom stereocenters. The van der Waals surface area contributed by atoms with Gasteiger partial charge in [-0.3, -0.25) is 0 Å². The van der Waals surface area contributed by atoms with Crippen LogP contribution in [-0.4, -0.2) is 18.3 Å². The van der Waals surface area contributed by atoms with E-state index in [-0.39, 0.29) is 12.4 Å². The Hall–Kier alpha value is -0.930. The maximum absolute atomic E-state index is 13.6. The van der Waals surface area contributed by atoms with Gasteiger partial charge in [0, 0.05) is 12.2 Å². The molecule has 1 heterocycles. The van der Waals surface area contributed by atoms with Crippen LogP contribution in [0, 0.1) is 12.7 Å². The van der Waals surface area contributed by atoms with Gasteiger partial charge in [0.1, 0.15) is 11.4 Å². The van der Waals surface area contributed by atoms with Gasteiger partial charge in [0.05, 0.1) is 6.61 Å². The van der Waals surface area contributed by atoms with Gasteiger partial charge in [0.25, 0.3) is 0 Å². The van der Waals surface area contributed by atoms with Gasteiger partial charge in [-0.2, -0.15) is 0 Å². The molecule has 1 N–H and O–H groups in total. The molecule has 1 aliphatic rings. The second-order valence-electron chi connectivity index (χ2n) is 4.17. The molecule has 82 valence electrons. The van der Waals surface area contributed by atoms with Crippen LogP contribution in [0.3, 0.4) is 0 Å². The Bertz CT molecular complexity index is 357. The Morgan fingerprint density at radius 2 is 2.27 bits per heavy atom. The Morgan fingerprint density at radius 1 is 1.47 bits per heavy atom. The summed E-state index contributed by atoms with van der Waals surface area (Å²) >= 11 is 0. The molecule has 0 saturated carbocycles. The van der Waals surface area contributed by atoms with Crippen LogP contribution in [0.2, 0.25) is 0 Å². The summed E-state index contributed by atoms with van der Waals surface area (Å²) in [6.45, 7) is 2.72. The lowest BCUT2D eigenvalue weighted by Gasteiger charge is -2.32. The largest absolute Gasteiger partial charge is 0.383 e. The number of rotatable bonds is 1. The van der Waals surface area contributed by atoms with Gasteiger partial charge in [0.2, 0.25) is 0 Å². The van der Waals surface area contributed by atoms with Crippen molar-refractivity contribution >= 4 is 0 Å². The molecule has 15 heavy (non-hydrogen) atoms. The SMILES string of the molecule is Cc1ccc(F)c(C2(O)CCCOC2)c1. The van der Waals surface area contributed by atoms with E-state index in [0.29, 0.717) is 18.6 Å². The van der Waals surface area contributed by atoms with E-state index in [1.165, 1.54) is 6.07 Å². The molecule has 1 aromatic carbocycles. The predicted octanol–water partition coefficient (Wildman–Crippen LogP) is 2.13. The molecule has 0 bridgehead atoms. The van der Waals surface area contributed by atoms with E-state index in [9.17, 15) is 9.50 Å². The summed E-state index contributed by atoms with van der Waals surface area (Å²) in [5.41, 5.74) is 0.168. The highest BCUT2D eigenvalue weighted by molar-refractivity contribution is 5.29. The Morgan fingerprint density at radius 3 is 2.93 bits per heavy atom. The van der Waals surface area contributed by atoms with Crippen LogP contribution in [0.5, 0.6) is 0 Å². The van der Waals surface area contributed by atoms with Crippen molar-refractivity contribution in [2.75, 3.05) is 13.2 Å². The lowest BCUT2D eigenvalue weighted by molar-refractivity contribution is -0.0921. The lowest BCUT2D eigenvalue weighted by Crippen LogP contribution is -2.36. The van der Waals surface area contributed by atoms with Crippen LogP contribution in [-0.2, 0) is 10.3 Å². The first kappa shape index (κ1) is 10.6. The average molecular weight is 210 g/mol. The highest BCUT2D eigenvalue weighted by Gasteiger charge is 2.34. The van der Waals surface area contributed by atoms with Gasteiger partial charge in [0.15, 0.2) is 0 Å². The van der Waals surface area contributed by atoms with E-state index >= 15 is 0 Å². The van der Waals surface area contributed by atoms with Crippen molar-refractivity contribution in [3.63, 3.8) is 0 Å². The normalized spacial score (nSPS) is 26.6. The highest BCUT2D eigenvalue weighted by atomic mass is 19.1. The zero-order valence-electron chi connectivity index (χ0n) is 8.79. The van der Waals surface area contributed by atoms with Crippen molar-refractivity contribution in [2.45, 2.75) is 25.4 Å². The molecule has 1 saturated heterocycles. The first-order valence-electron chi connectivity index (χ1n) is 5.19. The van der Waals surface area contributed by atoms with Crippen molar-refractivity contribution in [3.8, 4) is 0 Å². The summed E-state index contributed by atoms with van der Waals surface area (Å²) in [5.74, 6) is -0.353. The Labute approximate surface area is 88.7 Å². The number of halogens is 1. The molecule has 0 radical (unpaired) electrons. The minimum atomic E-state index is -1.14. The minimum Gasteiger partial charge on any atom is -0.383 e. The van der Waals surface area contributed by atoms with Gasteiger partial charge in [-0.15, -0.1) is 0 Å². The molecule has 1 unspecified atom stereocenters. The highest BCUT2D eigenvalue weighted by Crippen LogP contribution is 2.32. The zero-order chi connectivity index (χ0) is 10.9. The molecular formula is C12H15FO2. The van der Waals surface area contributed by atoms with E-state index in [0.717, 1.165) is 12.0 Å². The molecule has 0 amide bonds. The maximum atomic E-state index is 13.6. The van der Waals surface area contributed by atoms with Crippen molar-refractivity contribution < 1.29 is 14.2 Å². The molecule has 0 aromatic heterocycles. The van der Waals surface area contributed by atoms with Crippen molar-refractivity contribution in [2.24, 2.45) is 0 Å². The van der Waals surface area contributed by atoms with Gasteiger partial charge in [-0.25, -0.2) is 4.39 Å². The standard InChI is InChI=1S/C12H15FO2/c1-9-3-4-11(13)10(7-9)12(14)5-2-6-15-8-12/h3-4,7,14H,2,5-6,8H2,1H3. The fourth-order valence-corrected chi connectivity index (χ4v) is 1.99. The van der Waals surface area contributed by atoms with E-state index in [4.69, 9.17) is 4.74 Å². The molecule has 0 spiro atoms. The first-order valence-corrected chi connectivity index (χ1v) is 5.19. The molecule has 1 fully saturated rings. The fraction of sp³-hybridized carbons (Fsp3) is 0.500. The summed E-state index contributed by atoms with van der Waals surface area (Å²) in [6.07, 6.45) is 1.33. The molecule has 1 aliphatic heterocycles. The second-order valence-corrected chi connectivity index (χ2v) is 4.17. The molecule has 0 aliphatic carbocycles. The topological polar surface area (TPSA) is 29.5 Å². The number of benzene rings is 1. The third-order valence-electron chi connectivity index (χ3n) is 2.84. The summed E-state index contributed by atoms with van der Waals surface area (Å²) < 4.78 is 18.8. The summed E-state index contributed by atoms with van der Waals surface area (Å²) in [5, 5.41) is 10.3. The monoisotopic (exact) mass is 210 g/mol. The fourth-order valence-electron chi connectivity index (χ4n) is 1.99. The summed E-state index contributed by atoms with van der Waals surface area (Å²) in [7, 11) is 0. The molecule has 2 nitrogen and oxygen atoms in total. The predicted molar refractivity (Wildman–Crippen MR) is 55.1 cm³/mol. The quantitative estimate of drug-likeness (QED) is 0.769.